The molecule has 0 aliphatic heterocycles. The minimum atomic E-state index is 0.754. The van der Waals surface area contributed by atoms with Crippen LogP contribution in [0.5, 0.6) is 0 Å². The van der Waals surface area contributed by atoms with Gasteiger partial charge in [-0.3, -0.25) is 4.98 Å². The van der Waals surface area contributed by atoms with Crippen LogP contribution in [0, 0.1) is 17.8 Å². The zero-order valence-corrected chi connectivity index (χ0v) is 17.2. The molecular formula is C25H23N3S. The molecule has 0 atom stereocenters. The average molecular weight is 398 g/mol. The van der Waals surface area contributed by atoms with E-state index >= 15 is 0 Å². The monoisotopic (exact) mass is 397 g/mol. The van der Waals surface area contributed by atoms with Crippen LogP contribution in [0.25, 0.3) is 16.2 Å². The predicted octanol–water partition coefficient (Wildman–Crippen LogP) is 5.98. The highest BCUT2D eigenvalue weighted by Crippen LogP contribution is 2.30. The van der Waals surface area contributed by atoms with Crippen molar-refractivity contribution in [3.63, 3.8) is 0 Å². The maximum atomic E-state index is 4.94. The molecule has 1 aliphatic rings. The number of hydrogen-bond donors (Lipinski definition) is 0. The van der Waals surface area contributed by atoms with Crippen LogP contribution in [0.15, 0.2) is 61.1 Å². The van der Waals surface area contributed by atoms with Crippen molar-refractivity contribution in [3.8, 4) is 22.4 Å². The molecule has 1 saturated carbocycles. The first kappa shape index (κ1) is 18.1. The second-order valence-electron chi connectivity index (χ2n) is 7.72. The molecule has 0 N–H and O–H groups in total. The van der Waals surface area contributed by atoms with Crippen molar-refractivity contribution in [1.82, 2.24) is 14.4 Å². The SMILES string of the molecule is C(#Cc1ccc(-c2cn3ccnc(CC4CCCCC4)c3n2)s1)c1ccccc1. The van der Waals surface area contributed by atoms with E-state index in [9.17, 15) is 0 Å². The van der Waals surface area contributed by atoms with Gasteiger partial charge in [0.2, 0.25) is 0 Å². The Morgan fingerprint density at radius 2 is 1.86 bits per heavy atom. The zero-order valence-electron chi connectivity index (χ0n) is 16.3. The standard InChI is InChI=1S/C25H23N3S/c1-3-7-19(8-4-1)11-12-21-13-14-24(29-21)23-18-28-16-15-26-22(25(28)27-23)17-20-9-5-2-6-10-20/h1,3-4,7-8,13-16,18,20H,2,5-6,9-10,17H2. The first-order chi connectivity index (χ1) is 14.3. The summed E-state index contributed by atoms with van der Waals surface area (Å²) in [5.41, 5.74) is 4.17. The fourth-order valence-corrected chi connectivity index (χ4v) is 4.91. The van der Waals surface area contributed by atoms with Gasteiger partial charge in [0.15, 0.2) is 5.65 Å². The molecule has 29 heavy (non-hydrogen) atoms. The fourth-order valence-electron chi connectivity index (χ4n) is 4.10. The Hall–Kier alpha value is -2.90. The summed E-state index contributed by atoms with van der Waals surface area (Å²) in [5.74, 6) is 7.26. The lowest BCUT2D eigenvalue weighted by Crippen LogP contribution is -2.11. The van der Waals surface area contributed by atoms with E-state index in [2.05, 4.69) is 39.6 Å². The van der Waals surface area contributed by atoms with Gasteiger partial charge in [0.05, 0.1) is 21.1 Å². The number of imidazole rings is 1. The number of aromatic nitrogens is 3. The second kappa shape index (κ2) is 8.23. The Kier molecular flexibility index (Phi) is 5.15. The van der Waals surface area contributed by atoms with Crippen LogP contribution in [-0.4, -0.2) is 14.4 Å². The summed E-state index contributed by atoms with van der Waals surface area (Å²) in [6.45, 7) is 0. The van der Waals surface area contributed by atoms with Crippen molar-refractivity contribution in [2.24, 2.45) is 5.92 Å². The third-order valence-corrected chi connectivity index (χ3v) is 6.64. The van der Waals surface area contributed by atoms with Crippen molar-refractivity contribution in [2.45, 2.75) is 38.5 Å². The summed E-state index contributed by atoms with van der Waals surface area (Å²) in [6, 6.07) is 14.3. The van der Waals surface area contributed by atoms with Gasteiger partial charge in [0, 0.05) is 24.2 Å². The van der Waals surface area contributed by atoms with E-state index in [1.165, 1.54) is 32.1 Å². The topological polar surface area (TPSA) is 30.2 Å². The maximum Gasteiger partial charge on any atom is 0.159 e. The summed E-state index contributed by atoms with van der Waals surface area (Å²) in [6.07, 6.45) is 13.8. The van der Waals surface area contributed by atoms with Gasteiger partial charge < -0.3 is 4.40 Å². The average Bonchev–Trinajstić information content (AvgIpc) is 3.41. The Bertz CT molecular complexity index is 1170. The van der Waals surface area contributed by atoms with E-state index in [1.54, 1.807) is 11.3 Å². The highest BCUT2D eigenvalue weighted by molar-refractivity contribution is 7.16. The Balaban J connectivity index is 1.40. The lowest BCUT2D eigenvalue weighted by atomic mass is 9.86. The minimum absolute atomic E-state index is 0.754. The summed E-state index contributed by atoms with van der Waals surface area (Å²) in [4.78, 5) is 11.8. The summed E-state index contributed by atoms with van der Waals surface area (Å²) >= 11 is 1.69. The molecule has 1 aromatic carbocycles. The van der Waals surface area contributed by atoms with Gasteiger partial charge in [-0.2, -0.15) is 0 Å². The van der Waals surface area contributed by atoms with Crippen LogP contribution in [0.4, 0.5) is 0 Å². The van der Waals surface area contributed by atoms with Crippen molar-refractivity contribution in [1.29, 1.82) is 0 Å². The second-order valence-corrected chi connectivity index (χ2v) is 8.80. The molecule has 4 aromatic rings. The van der Waals surface area contributed by atoms with Gasteiger partial charge in [0.25, 0.3) is 0 Å². The van der Waals surface area contributed by atoms with Crippen LogP contribution >= 0.6 is 11.3 Å². The molecule has 0 saturated heterocycles. The Morgan fingerprint density at radius 3 is 2.72 bits per heavy atom. The van der Waals surface area contributed by atoms with Gasteiger partial charge >= 0.3 is 0 Å². The molecule has 0 amide bonds. The van der Waals surface area contributed by atoms with Gasteiger partial charge in [-0.15, -0.1) is 11.3 Å². The first-order valence-electron chi connectivity index (χ1n) is 10.3. The van der Waals surface area contributed by atoms with Gasteiger partial charge in [-0.25, -0.2) is 4.98 Å². The molecular weight excluding hydrogens is 374 g/mol. The number of hydrogen-bond acceptors (Lipinski definition) is 3. The molecule has 3 nitrogen and oxygen atoms in total. The highest BCUT2D eigenvalue weighted by Gasteiger charge is 2.17. The first-order valence-corrected chi connectivity index (χ1v) is 11.2. The summed E-state index contributed by atoms with van der Waals surface area (Å²) < 4.78 is 2.12. The van der Waals surface area contributed by atoms with E-state index in [0.717, 1.165) is 44.7 Å². The number of fused-ring (bicyclic) bond motifs is 1. The number of rotatable bonds is 3. The lowest BCUT2D eigenvalue weighted by molar-refractivity contribution is 0.354. The minimum Gasteiger partial charge on any atom is -0.303 e. The van der Waals surface area contributed by atoms with E-state index in [0.29, 0.717) is 0 Å². The number of benzene rings is 1. The van der Waals surface area contributed by atoms with E-state index in [-0.39, 0.29) is 0 Å². The largest absolute Gasteiger partial charge is 0.303 e. The van der Waals surface area contributed by atoms with Crippen molar-refractivity contribution < 1.29 is 0 Å². The third-order valence-electron chi connectivity index (χ3n) is 5.62. The van der Waals surface area contributed by atoms with Crippen LogP contribution in [0.2, 0.25) is 0 Å². The normalized spacial score (nSPS) is 14.6. The van der Waals surface area contributed by atoms with Crippen LogP contribution in [0.3, 0.4) is 0 Å². The van der Waals surface area contributed by atoms with E-state index in [4.69, 9.17) is 4.98 Å². The van der Waals surface area contributed by atoms with Gasteiger partial charge in [-0.1, -0.05) is 62.1 Å². The van der Waals surface area contributed by atoms with Crippen molar-refractivity contribution in [3.05, 3.63) is 77.2 Å². The molecule has 0 radical (unpaired) electrons. The summed E-state index contributed by atoms with van der Waals surface area (Å²) in [7, 11) is 0. The van der Waals surface area contributed by atoms with Gasteiger partial charge in [-0.05, 0) is 36.6 Å². The zero-order chi connectivity index (χ0) is 19.5. The Labute approximate surface area is 175 Å². The molecule has 3 heterocycles. The third kappa shape index (κ3) is 4.11. The smallest absolute Gasteiger partial charge is 0.159 e. The molecule has 144 valence electrons. The van der Waals surface area contributed by atoms with Crippen LogP contribution in [-0.2, 0) is 6.42 Å². The quantitative estimate of drug-likeness (QED) is 0.398. The molecule has 0 unspecified atom stereocenters. The summed E-state index contributed by atoms with van der Waals surface area (Å²) in [5, 5.41) is 0. The number of thiophene rings is 1. The van der Waals surface area contributed by atoms with Crippen LogP contribution in [0.1, 0.15) is 48.2 Å². The molecule has 0 bridgehead atoms. The lowest BCUT2D eigenvalue weighted by Gasteiger charge is -2.21. The number of nitrogens with zero attached hydrogens (tertiary/aromatic N) is 3. The van der Waals surface area contributed by atoms with Gasteiger partial charge in [0.1, 0.15) is 0 Å². The molecule has 1 aliphatic carbocycles. The molecule has 4 heteroatoms. The van der Waals surface area contributed by atoms with Crippen LogP contribution < -0.4 is 0 Å². The molecule has 3 aromatic heterocycles. The van der Waals surface area contributed by atoms with E-state index < -0.39 is 0 Å². The predicted molar refractivity (Wildman–Crippen MR) is 119 cm³/mol. The molecule has 0 spiro atoms. The molecule has 1 fully saturated rings. The fraction of sp³-hybridized carbons (Fsp3) is 0.280. The highest BCUT2D eigenvalue weighted by atomic mass is 32.1. The Morgan fingerprint density at radius 1 is 1.00 bits per heavy atom. The van der Waals surface area contributed by atoms with Crippen molar-refractivity contribution in [2.75, 3.05) is 0 Å². The molecule has 5 rings (SSSR count). The maximum absolute atomic E-state index is 4.94. The van der Waals surface area contributed by atoms with Crippen molar-refractivity contribution >= 4 is 17.0 Å². The van der Waals surface area contributed by atoms with E-state index in [1.807, 2.05) is 42.7 Å².